The molecule has 0 aliphatic heterocycles. The minimum absolute atomic E-state index is 0.120. The maximum atomic E-state index is 6.39. The van der Waals surface area contributed by atoms with Crippen molar-refractivity contribution in [3.8, 4) is 33.9 Å². The Kier molecular flexibility index (Phi) is 5.56. The van der Waals surface area contributed by atoms with E-state index < -0.39 is 0 Å². The van der Waals surface area contributed by atoms with Crippen LogP contribution in [0, 0.1) is 0 Å². The van der Waals surface area contributed by atoms with Crippen LogP contribution < -0.4 is 0 Å². The summed E-state index contributed by atoms with van der Waals surface area (Å²) in [6.45, 7) is 0. The van der Waals surface area contributed by atoms with Gasteiger partial charge in [-0.15, -0.1) is 0 Å². The van der Waals surface area contributed by atoms with Crippen LogP contribution in [0.15, 0.2) is 114 Å². The van der Waals surface area contributed by atoms with Crippen molar-refractivity contribution in [1.29, 1.82) is 0 Å². The van der Waals surface area contributed by atoms with Crippen molar-refractivity contribution >= 4 is 33.7 Å². The third kappa shape index (κ3) is 3.98. The van der Waals surface area contributed by atoms with Gasteiger partial charge in [0.2, 0.25) is 5.71 Å². The summed E-state index contributed by atoms with van der Waals surface area (Å²) in [5.41, 5.74) is 5.19. The number of nitrogens with zero attached hydrogens (tertiary/aromatic N) is 4. The fraction of sp³-hybridized carbons (Fsp3) is 0.0625. The molecule has 0 saturated carbocycles. The molecule has 5 nitrogen and oxygen atoms in total. The molecule has 0 amide bonds. The van der Waals surface area contributed by atoms with Crippen molar-refractivity contribution in [2.45, 2.75) is 12.3 Å². The van der Waals surface area contributed by atoms with Gasteiger partial charge in [0.05, 0.1) is 10.4 Å². The Bertz CT molecular complexity index is 1860. The van der Waals surface area contributed by atoms with Gasteiger partial charge >= 0.3 is 0 Å². The van der Waals surface area contributed by atoms with Crippen LogP contribution in [-0.2, 0) is 0 Å². The molecule has 1 unspecified atom stereocenters. The van der Waals surface area contributed by atoms with E-state index in [2.05, 4.69) is 53.6 Å². The van der Waals surface area contributed by atoms with Crippen LogP contribution in [-0.4, -0.2) is 19.9 Å². The Hall–Kier alpha value is -4.61. The maximum Gasteiger partial charge on any atom is 0.227 e. The zero-order valence-corrected chi connectivity index (χ0v) is 21.0. The van der Waals surface area contributed by atoms with Crippen molar-refractivity contribution < 1.29 is 4.42 Å². The van der Waals surface area contributed by atoms with Crippen molar-refractivity contribution in [2.24, 2.45) is 0 Å². The third-order valence-corrected chi connectivity index (χ3v) is 7.10. The lowest BCUT2D eigenvalue weighted by atomic mass is 9.99. The van der Waals surface area contributed by atoms with Gasteiger partial charge in [-0.2, -0.15) is 0 Å². The van der Waals surface area contributed by atoms with Gasteiger partial charge in [0.15, 0.2) is 17.2 Å². The number of hydrogen-bond acceptors (Lipinski definition) is 5. The fourth-order valence-corrected chi connectivity index (χ4v) is 5.11. The van der Waals surface area contributed by atoms with E-state index >= 15 is 0 Å². The number of hydrogen-bond donors (Lipinski definition) is 0. The monoisotopic (exact) mass is 512 g/mol. The lowest BCUT2D eigenvalue weighted by Gasteiger charge is -2.14. The number of para-hydroxylation sites is 1. The highest BCUT2D eigenvalue weighted by atomic mass is 35.5. The van der Waals surface area contributed by atoms with E-state index in [1.54, 1.807) is 6.20 Å². The first-order valence-corrected chi connectivity index (χ1v) is 12.8. The van der Waals surface area contributed by atoms with Gasteiger partial charge < -0.3 is 4.42 Å². The quantitative estimate of drug-likeness (QED) is 0.237. The lowest BCUT2D eigenvalue weighted by Crippen LogP contribution is -2.07. The second-order valence-electron chi connectivity index (χ2n) is 9.20. The van der Waals surface area contributed by atoms with Crippen LogP contribution >= 0.6 is 11.6 Å². The summed E-state index contributed by atoms with van der Waals surface area (Å²) >= 11 is 6.39. The van der Waals surface area contributed by atoms with Crippen LogP contribution in [0.1, 0.15) is 18.2 Å². The van der Waals surface area contributed by atoms with Crippen molar-refractivity contribution in [1.82, 2.24) is 19.9 Å². The Morgan fingerprint density at radius 2 is 1.50 bits per heavy atom. The van der Waals surface area contributed by atoms with Gasteiger partial charge in [0, 0.05) is 28.6 Å². The molecule has 38 heavy (non-hydrogen) atoms. The molecule has 3 heterocycles. The zero-order valence-electron chi connectivity index (χ0n) is 20.3. The summed E-state index contributed by atoms with van der Waals surface area (Å²) in [6.07, 6.45) is 11.0. The summed E-state index contributed by atoms with van der Waals surface area (Å²) in [5, 5.41) is 2.47. The van der Waals surface area contributed by atoms with Gasteiger partial charge in [0.25, 0.3) is 0 Å². The topological polar surface area (TPSA) is 64.7 Å². The summed E-state index contributed by atoms with van der Waals surface area (Å²) in [7, 11) is 0. The summed E-state index contributed by atoms with van der Waals surface area (Å²) < 4.78 is 5.98. The Morgan fingerprint density at radius 1 is 0.737 bits per heavy atom. The maximum absolute atomic E-state index is 6.39. The molecule has 0 N–H and O–H groups in total. The third-order valence-electron chi connectivity index (χ3n) is 6.80. The number of pyridine rings is 1. The number of halogens is 1. The molecule has 0 saturated heterocycles. The Balaban J connectivity index is 1.33. The predicted octanol–water partition coefficient (Wildman–Crippen LogP) is 8.42. The van der Waals surface area contributed by atoms with Crippen molar-refractivity contribution in [2.75, 3.05) is 0 Å². The largest absolute Gasteiger partial charge is 0.436 e. The van der Waals surface area contributed by atoms with Crippen molar-refractivity contribution in [3.63, 3.8) is 0 Å². The minimum atomic E-state index is 0.120. The Labute approximate surface area is 224 Å². The molecule has 0 fully saturated rings. The second kappa shape index (κ2) is 9.36. The molecule has 0 bridgehead atoms. The van der Waals surface area contributed by atoms with Crippen LogP contribution in [0.4, 0.5) is 0 Å². The molecule has 182 valence electrons. The lowest BCUT2D eigenvalue weighted by molar-refractivity contribution is 0.654. The molecular formula is C32H21ClN4O. The van der Waals surface area contributed by atoms with Crippen molar-refractivity contribution in [3.05, 3.63) is 120 Å². The summed E-state index contributed by atoms with van der Waals surface area (Å²) in [6, 6.07) is 26.1. The number of rotatable bonds is 4. The number of fused-ring (bicyclic) bond motifs is 3. The molecule has 1 aliphatic carbocycles. The molecule has 3 aromatic heterocycles. The number of benzene rings is 3. The minimum Gasteiger partial charge on any atom is -0.436 e. The van der Waals surface area contributed by atoms with Crippen LogP contribution in [0.25, 0.3) is 56.0 Å². The van der Waals surface area contributed by atoms with E-state index in [9.17, 15) is 0 Å². The van der Waals surface area contributed by atoms with E-state index in [1.165, 1.54) is 0 Å². The molecule has 6 aromatic rings. The first-order valence-electron chi connectivity index (χ1n) is 12.5. The highest BCUT2D eigenvalue weighted by Crippen LogP contribution is 2.38. The van der Waals surface area contributed by atoms with Crippen LogP contribution in [0.5, 0.6) is 0 Å². The SMILES string of the molecule is Clc1cccc2c1oc1nccc(-c3ccc(-c4nc(-c5ccccc5)nc(C5C=CC=CC5)n4)cc3)c12. The summed E-state index contributed by atoms with van der Waals surface area (Å²) in [4.78, 5) is 19.0. The van der Waals surface area contributed by atoms with Gasteiger partial charge in [-0.05, 0) is 29.7 Å². The first-order chi connectivity index (χ1) is 18.7. The second-order valence-corrected chi connectivity index (χ2v) is 9.60. The highest BCUT2D eigenvalue weighted by Gasteiger charge is 2.18. The predicted molar refractivity (Wildman–Crippen MR) is 152 cm³/mol. The summed E-state index contributed by atoms with van der Waals surface area (Å²) in [5.74, 6) is 2.23. The molecule has 3 aromatic carbocycles. The molecule has 1 atom stereocenters. The normalized spacial score (nSPS) is 14.9. The molecule has 0 spiro atoms. The number of allylic oxidation sites excluding steroid dienone is 4. The smallest absolute Gasteiger partial charge is 0.227 e. The molecule has 0 radical (unpaired) electrons. The fourth-order valence-electron chi connectivity index (χ4n) is 4.90. The van der Waals surface area contributed by atoms with Crippen LogP contribution in [0.3, 0.4) is 0 Å². The van der Waals surface area contributed by atoms with E-state index in [0.29, 0.717) is 28.0 Å². The van der Waals surface area contributed by atoms with E-state index in [0.717, 1.165) is 45.3 Å². The first kappa shape index (κ1) is 22.6. The van der Waals surface area contributed by atoms with Gasteiger partial charge in [-0.25, -0.2) is 19.9 Å². The van der Waals surface area contributed by atoms with Gasteiger partial charge in [-0.3, -0.25) is 0 Å². The standard InChI is InChI=1S/C32H21ClN4O/c33-26-13-7-12-25-27-24(18-19-34-32(27)38-28(25)26)20-14-16-23(17-15-20)31-36-29(21-8-3-1-4-9-21)35-30(37-31)22-10-5-2-6-11-22/h1-10,12-19,22H,11H2. The number of furan rings is 1. The molecular weight excluding hydrogens is 492 g/mol. The van der Waals surface area contributed by atoms with Gasteiger partial charge in [-0.1, -0.05) is 103 Å². The average molecular weight is 513 g/mol. The van der Waals surface area contributed by atoms with Crippen LogP contribution in [0.2, 0.25) is 5.02 Å². The highest BCUT2D eigenvalue weighted by molar-refractivity contribution is 6.36. The van der Waals surface area contributed by atoms with E-state index in [1.807, 2.05) is 54.6 Å². The van der Waals surface area contributed by atoms with E-state index in [-0.39, 0.29) is 5.92 Å². The molecule has 6 heteroatoms. The molecule has 1 aliphatic rings. The zero-order chi connectivity index (χ0) is 25.5. The average Bonchev–Trinajstić information content (AvgIpc) is 3.38. The number of aromatic nitrogens is 4. The molecule has 7 rings (SSSR count). The van der Waals surface area contributed by atoms with E-state index in [4.69, 9.17) is 31.0 Å². The Morgan fingerprint density at radius 3 is 2.26 bits per heavy atom. The van der Waals surface area contributed by atoms with Gasteiger partial charge in [0.1, 0.15) is 5.82 Å².